The number of esters is 1. The van der Waals surface area contributed by atoms with E-state index in [1.165, 1.54) is 7.11 Å². The smallest absolute Gasteiger partial charge is 0.340 e. The fourth-order valence-electron chi connectivity index (χ4n) is 2.94. The Kier molecular flexibility index (Phi) is 5.20. The Labute approximate surface area is 125 Å². The summed E-state index contributed by atoms with van der Waals surface area (Å²) in [4.78, 5) is 14.2. The molecule has 0 amide bonds. The van der Waals surface area contributed by atoms with E-state index in [0.717, 1.165) is 31.5 Å². The van der Waals surface area contributed by atoms with Gasteiger partial charge >= 0.3 is 5.97 Å². The molecule has 1 aliphatic rings. The predicted octanol–water partition coefficient (Wildman–Crippen LogP) is 1.65. The molecule has 1 saturated heterocycles. The molecule has 1 aromatic carbocycles. The molecule has 116 valence electrons. The minimum Gasteiger partial charge on any atom is -0.465 e. The molecule has 1 heterocycles. The third-order valence-electron chi connectivity index (χ3n) is 4.28. The lowest BCUT2D eigenvalue weighted by Gasteiger charge is -2.33. The zero-order chi connectivity index (χ0) is 15.4. The molecule has 0 aliphatic carbocycles. The summed E-state index contributed by atoms with van der Waals surface area (Å²) in [6.45, 7) is 4.38. The first-order valence-electron chi connectivity index (χ1n) is 7.39. The zero-order valence-electron chi connectivity index (χ0n) is 12.7. The van der Waals surface area contributed by atoms with Gasteiger partial charge in [-0.3, -0.25) is 4.90 Å². The molecule has 5 nitrogen and oxygen atoms in total. The summed E-state index contributed by atoms with van der Waals surface area (Å²) in [6, 6.07) is 5.50. The molecule has 0 bridgehead atoms. The number of methoxy groups -OCH3 is 1. The van der Waals surface area contributed by atoms with Gasteiger partial charge < -0.3 is 15.6 Å². The monoisotopic (exact) mass is 292 g/mol. The fraction of sp³-hybridized carbons (Fsp3) is 0.562. The average Bonchev–Trinajstić information content (AvgIpc) is 2.47. The number of nitrogens with zero attached hydrogens (tertiary/aromatic N) is 1. The number of nitrogen functional groups attached to an aromatic ring is 1. The first-order chi connectivity index (χ1) is 10.0. The number of benzene rings is 1. The number of carbonyl (C=O) groups is 1. The van der Waals surface area contributed by atoms with Crippen molar-refractivity contribution in [3.8, 4) is 0 Å². The van der Waals surface area contributed by atoms with E-state index in [1.54, 1.807) is 6.07 Å². The normalized spacial score (nSPS) is 18.4. The lowest BCUT2D eigenvalue weighted by Crippen LogP contribution is -2.36. The lowest BCUT2D eigenvalue weighted by molar-refractivity contribution is 0.0594. The topological polar surface area (TPSA) is 75.8 Å². The van der Waals surface area contributed by atoms with Crippen molar-refractivity contribution < 1.29 is 14.6 Å². The van der Waals surface area contributed by atoms with Crippen molar-refractivity contribution in [2.24, 2.45) is 5.92 Å². The highest BCUT2D eigenvalue weighted by Gasteiger charge is 2.24. The number of anilines is 1. The number of carbonyl (C=O) groups excluding carboxylic acids is 1. The molecular formula is C16H24N2O3. The molecule has 0 saturated carbocycles. The quantitative estimate of drug-likeness (QED) is 0.652. The van der Waals surface area contributed by atoms with Crippen molar-refractivity contribution in [3.05, 3.63) is 29.3 Å². The van der Waals surface area contributed by atoms with Gasteiger partial charge in [0.05, 0.1) is 18.8 Å². The largest absolute Gasteiger partial charge is 0.465 e. The van der Waals surface area contributed by atoms with Gasteiger partial charge in [-0.2, -0.15) is 0 Å². The lowest BCUT2D eigenvalue weighted by atomic mass is 9.92. The molecule has 0 aromatic heterocycles. The number of aliphatic hydroxyl groups excluding tert-OH is 1. The van der Waals surface area contributed by atoms with Gasteiger partial charge in [-0.15, -0.1) is 0 Å². The van der Waals surface area contributed by atoms with E-state index >= 15 is 0 Å². The van der Waals surface area contributed by atoms with Crippen LogP contribution in [0.25, 0.3) is 0 Å². The van der Waals surface area contributed by atoms with Crippen molar-refractivity contribution in [3.63, 3.8) is 0 Å². The zero-order valence-corrected chi connectivity index (χ0v) is 12.7. The Balaban J connectivity index is 2.07. The summed E-state index contributed by atoms with van der Waals surface area (Å²) in [5.41, 5.74) is 7.74. The summed E-state index contributed by atoms with van der Waals surface area (Å²) in [6.07, 6.45) is 1.71. The summed E-state index contributed by atoms with van der Waals surface area (Å²) in [7, 11) is 1.37. The number of aliphatic hydroxyl groups is 1. The highest BCUT2D eigenvalue weighted by Crippen LogP contribution is 2.24. The van der Waals surface area contributed by atoms with E-state index in [9.17, 15) is 9.90 Å². The van der Waals surface area contributed by atoms with E-state index in [0.29, 0.717) is 23.7 Å². The molecule has 1 fully saturated rings. The van der Waals surface area contributed by atoms with Crippen LogP contribution < -0.4 is 5.73 Å². The summed E-state index contributed by atoms with van der Waals surface area (Å²) in [5, 5.41) is 9.64. The van der Waals surface area contributed by atoms with Crippen molar-refractivity contribution in [1.29, 1.82) is 0 Å². The molecule has 1 unspecified atom stereocenters. The molecule has 1 aromatic rings. The van der Waals surface area contributed by atoms with Gasteiger partial charge in [0.2, 0.25) is 0 Å². The number of likely N-dealkylation sites (tertiary alicyclic amines) is 1. The Morgan fingerprint density at radius 3 is 2.71 bits per heavy atom. The SMILES string of the molecule is COC(=O)c1c(N)cccc1CN1CCC(C(C)O)CC1. The molecule has 3 N–H and O–H groups in total. The van der Waals surface area contributed by atoms with Gasteiger partial charge in [0, 0.05) is 12.2 Å². The maximum Gasteiger partial charge on any atom is 0.340 e. The molecular weight excluding hydrogens is 268 g/mol. The summed E-state index contributed by atoms with van der Waals surface area (Å²) >= 11 is 0. The highest BCUT2D eigenvalue weighted by atomic mass is 16.5. The van der Waals surface area contributed by atoms with Crippen LogP contribution in [0.15, 0.2) is 18.2 Å². The Morgan fingerprint density at radius 2 is 2.14 bits per heavy atom. The Hall–Kier alpha value is -1.59. The third kappa shape index (κ3) is 3.74. The number of nitrogens with two attached hydrogens (primary N) is 1. The van der Waals surface area contributed by atoms with Crippen LogP contribution in [-0.4, -0.2) is 42.3 Å². The van der Waals surface area contributed by atoms with E-state index in [4.69, 9.17) is 10.5 Å². The van der Waals surface area contributed by atoms with Crippen LogP contribution in [-0.2, 0) is 11.3 Å². The first-order valence-corrected chi connectivity index (χ1v) is 7.39. The van der Waals surface area contributed by atoms with Crippen LogP contribution >= 0.6 is 0 Å². The van der Waals surface area contributed by atoms with Gasteiger partial charge in [-0.05, 0) is 50.4 Å². The van der Waals surface area contributed by atoms with Crippen LogP contribution in [0.3, 0.4) is 0 Å². The van der Waals surface area contributed by atoms with Crippen LogP contribution in [0.5, 0.6) is 0 Å². The minimum atomic E-state index is -0.387. The molecule has 1 aliphatic heterocycles. The van der Waals surface area contributed by atoms with E-state index < -0.39 is 0 Å². The fourth-order valence-corrected chi connectivity index (χ4v) is 2.94. The van der Waals surface area contributed by atoms with Crippen LogP contribution in [0.2, 0.25) is 0 Å². The second-order valence-corrected chi connectivity index (χ2v) is 5.73. The van der Waals surface area contributed by atoms with Crippen molar-refractivity contribution >= 4 is 11.7 Å². The number of rotatable bonds is 4. The molecule has 0 radical (unpaired) electrons. The third-order valence-corrected chi connectivity index (χ3v) is 4.28. The van der Waals surface area contributed by atoms with E-state index in [2.05, 4.69) is 4.90 Å². The van der Waals surface area contributed by atoms with Crippen LogP contribution in [0.1, 0.15) is 35.7 Å². The second-order valence-electron chi connectivity index (χ2n) is 5.73. The first kappa shape index (κ1) is 15.8. The average molecular weight is 292 g/mol. The van der Waals surface area contributed by atoms with Crippen LogP contribution in [0, 0.1) is 5.92 Å². The highest BCUT2D eigenvalue weighted by molar-refractivity contribution is 5.96. The van der Waals surface area contributed by atoms with Gasteiger partial charge in [0.25, 0.3) is 0 Å². The second kappa shape index (κ2) is 6.91. The van der Waals surface area contributed by atoms with Gasteiger partial charge in [-0.1, -0.05) is 12.1 Å². The van der Waals surface area contributed by atoms with Crippen molar-refractivity contribution in [1.82, 2.24) is 4.90 Å². The maximum atomic E-state index is 11.9. The number of piperidine rings is 1. The van der Waals surface area contributed by atoms with E-state index in [-0.39, 0.29) is 12.1 Å². The van der Waals surface area contributed by atoms with Crippen molar-refractivity contribution in [2.75, 3.05) is 25.9 Å². The number of hydrogen-bond donors (Lipinski definition) is 2. The molecule has 1 atom stereocenters. The van der Waals surface area contributed by atoms with Gasteiger partial charge in [0.1, 0.15) is 0 Å². The predicted molar refractivity (Wildman–Crippen MR) is 81.9 cm³/mol. The molecule has 5 heteroatoms. The van der Waals surface area contributed by atoms with Crippen molar-refractivity contribution in [2.45, 2.75) is 32.4 Å². The van der Waals surface area contributed by atoms with Gasteiger partial charge in [-0.25, -0.2) is 4.79 Å². The molecule has 0 spiro atoms. The maximum absolute atomic E-state index is 11.9. The standard InChI is InChI=1S/C16H24N2O3/c1-11(19)12-6-8-18(9-7-12)10-13-4-3-5-14(17)15(13)16(20)21-2/h3-5,11-12,19H,6-10,17H2,1-2H3. The minimum absolute atomic E-state index is 0.245. The van der Waals surface area contributed by atoms with E-state index in [1.807, 2.05) is 19.1 Å². The summed E-state index contributed by atoms with van der Waals surface area (Å²) in [5.74, 6) is -0.0101. The number of ether oxygens (including phenoxy) is 1. The van der Waals surface area contributed by atoms with Crippen LogP contribution in [0.4, 0.5) is 5.69 Å². The molecule has 2 rings (SSSR count). The number of hydrogen-bond acceptors (Lipinski definition) is 5. The Bertz CT molecular complexity index is 494. The summed E-state index contributed by atoms with van der Waals surface area (Å²) < 4.78 is 4.82. The van der Waals surface area contributed by atoms with Gasteiger partial charge in [0.15, 0.2) is 0 Å². The molecule has 21 heavy (non-hydrogen) atoms. The Morgan fingerprint density at radius 1 is 1.48 bits per heavy atom.